The number of anilines is 1. The van der Waals surface area contributed by atoms with Gasteiger partial charge in [-0.3, -0.25) is 4.79 Å². The van der Waals surface area contributed by atoms with Crippen molar-refractivity contribution in [3.05, 3.63) is 29.3 Å². The first-order chi connectivity index (χ1) is 12.0. The molecule has 0 saturated carbocycles. The van der Waals surface area contributed by atoms with Crippen LogP contribution in [-0.4, -0.2) is 47.6 Å². The number of quaternary nitrogens is 1. The standard InChI is InChI=1S/C18H25ClN4OS/c19-14-4-6-15(7-5-14)21-17(25)22-12-8-18(9-13-22,16(20)24)23-10-2-1-3-11-23/h4-7H,1-3,8-13H2,(H2,20,24)(H,21,25)/p+1. The molecular weight excluding hydrogens is 356 g/mol. The average Bonchev–Trinajstić information content (AvgIpc) is 2.64. The highest BCUT2D eigenvalue weighted by molar-refractivity contribution is 7.80. The number of primary amides is 1. The summed E-state index contributed by atoms with van der Waals surface area (Å²) >= 11 is 11.5. The number of carbonyl (C=O) groups excluding carboxylic acids is 1. The molecule has 1 aromatic rings. The maximum atomic E-state index is 12.3. The molecule has 0 spiro atoms. The molecule has 1 aromatic carbocycles. The molecule has 7 heteroatoms. The van der Waals surface area contributed by atoms with Gasteiger partial charge >= 0.3 is 0 Å². The second-order valence-electron chi connectivity index (χ2n) is 7.03. The number of rotatable bonds is 3. The number of carbonyl (C=O) groups is 1. The summed E-state index contributed by atoms with van der Waals surface area (Å²) in [6.45, 7) is 3.62. The van der Waals surface area contributed by atoms with E-state index < -0.39 is 5.54 Å². The normalized spacial score (nSPS) is 20.9. The van der Waals surface area contributed by atoms with E-state index in [0.29, 0.717) is 10.1 Å². The Balaban J connectivity index is 1.62. The quantitative estimate of drug-likeness (QED) is 0.693. The van der Waals surface area contributed by atoms with Crippen molar-refractivity contribution in [2.45, 2.75) is 37.6 Å². The number of thiocarbonyl (C=S) groups is 1. The number of hydrogen-bond acceptors (Lipinski definition) is 2. The van der Waals surface area contributed by atoms with E-state index in [-0.39, 0.29) is 5.91 Å². The monoisotopic (exact) mass is 381 g/mol. The van der Waals surface area contributed by atoms with Gasteiger partial charge in [-0.25, -0.2) is 0 Å². The molecular formula is C18H26ClN4OS+. The van der Waals surface area contributed by atoms with Crippen LogP contribution < -0.4 is 16.0 Å². The Morgan fingerprint density at radius 1 is 1.16 bits per heavy atom. The van der Waals surface area contributed by atoms with Gasteiger partial charge in [-0.15, -0.1) is 0 Å². The minimum Gasteiger partial charge on any atom is -0.364 e. The zero-order valence-corrected chi connectivity index (χ0v) is 16.0. The topological polar surface area (TPSA) is 62.8 Å². The van der Waals surface area contributed by atoms with Gasteiger partial charge < -0.3 is 20.9 Å². The third-order valence-corrected chi connectivity index (χ3v) is 6.22. The molecule has 0 radical (unpaired) electrons. The van der Waals surface area contributed by atoms with Gasteiger partial charge in [0.25, 0.3) is 5.91 Å². The van der Waals surface area contributed by atoms with Crippen molar-refractivity contribution in [2.75, 3.05) is 31.5 Å². The predicted octanol–water partition coefficient (Wildman–Crippen LogP) is 1.43. The van der Waals surface area contributed by atoms with Gasteiger partial charge in [-0.2, -0.15) is 0 Å². The van der Waals surface area contributed by atoms with Crippen LogP contribution in [0.5, 0.6) is 0 Å². The summed E-state index contributed by atoms with van der Waals surface area (Å²) in [6.07, 6.45) is 5.16. The number of benzene rings is 1. The molecule has 2 heterocycles. The summed E-state index contributed by atoms with van der Waals surface area (Å²) in [6, 6.07) is 7.48. The van der Waals surface area contributed by atoms with Crippen LogP contribution >= 0.6 is 23.8 Å². The molecule has 0 aliphatic carbocycles. The van der Waals surface area contributed by atoms with E-state index in [4.69, 9.17) is 29.6 Å². The summed E-state index contributed by atoms with van der Waals surface area (Å²) in [5.74, 6) is -0.152. The largest absolute Gasteiger partial charge is 0.364 e. The minimum absolute atomic E-state index is 0.152. The Morgan fingerprint density at radius 3 is 2.32 bits per heavy atom. The molecule has 5 nitrogen and oxygen atoms in total. The van der Waals surface area contributed by atoms with Crippen LogP contribution in [0.25, 0.3) is 0 Å². The minimum atomic E-state index is -0.424. The molecule has 4 N–H and O–H groups in total. The van der Waals surface area contributed by atoms with Gasteiger partial charge in [0.1, 0.15) is 0 Å². The van der Waals surface area contributed by atoms with E-state index in [1.54, 1.807) is 0 Å². The van der Waals surface area contributed by atoms with Crippen molar-refractivity contribution in [1.82, 2.24) is 4.90 Å². The van der Waals surface area contributed by atoms with Crippen molar-refractivity contribution >= 4 is 40.5 Å². The summed E-state index contributed by atoms with van der Waals surface area (Å²) in [7, 11) is 0. The van der Waals surface area contributed by atoms with Crippen LogP contribution in [0.3, 0.4) is 0 Å². The molecule has 3 rings (SSSR count). The first-order valence-electron chi connectivity index (χ1n) is 8.98. The van der Waals surface area contributed by atoms with Crippen molar-refractivity contribution < 1.29 is 9.69 Å². The van der Waals surface area contributed by atoms with Gasteiger partial charge in [-0.1, -0.05) is 11.6 Å². The molecule has 0 atom stereocenters. The zero-order valence-electron chi connectivity index (χ0n) is 14.4. The van der Waals surface area contributed by atoms with Gasteiger partial charge in [0.15, 0.2) is 10.7 Å². The highest BCUT2D eigenvalue weighted by atomic mass is 35.5. The SMILES string of the molecule is NC(=O)C1([NH+]2CCCCC2)CCN(C(=S)Nc2ccc(Cl)cc2)CC1. The number of nitrogens with zero attached hydrogens (tertiary/aromatic N) is 1. The number of amides is 1. The summed E-state index contributed by atoms with van der Waals surface area (Å²) in [4.78, 5) is 15.8. The Bertz CT molecular complexity index is 622. The Kier molecular flexibility index (Phi) is 5.81. The van der Waals surface area contributed by atoms with E-state index >= 15 is 0 Å². The molecule has 136 valence electrons. The van der Waals surface area contributed by atoms with Gasteiger partial charge in [-0.05, 0) is 55.7 Å². The first kappa shape index (κ1) is 18.4. The Labute approximate surface area is 159 Å². The second kappa shape index (κ2) is 7.89. The molecule has 2 aliphatic rings. The summed E-state index contributed by atoms with van der Waals surface area (Å²) in [5, 5.41) is 4.64. The van der Waals surface area contributed by atoms with Crippen molar-refractivity contribution in [3.8, 4) is 0 Å². The molecule has 2 fully saturated rings. The third-order valence-electron chi connectivity index (χ3n) is 5.61. The Hall–Kier alpha value is -1.37. The molecule has 0 aromatic heterocycles. The molecule has 25 heavy (non-hydrogen) atoms. The van der Waals surface area contributed by atoms with E-state index in [9.17, 15) is 4.79 Å². The highest BCUT2D eigenvalue weighted by Crippen LogP contribution is 2.22. The van der Waals surface area contributed by atoms with Crippen molar-refractivity contribution in [1.29, 1.82) is 0 Å². The fraction of sp³-hybridized carbons (Fsp3) is 0.556. The van der Waals surface area contributed by atoms with Crippen LogP contribution in [0, 0.1) is 0 Å². The smallest absolute Gasteiger partial charge is 0.278 e. The number of hydrogen-bond donors (Lipinski definition) is 3. The Morgan fingerprint density at radius 2 is 1.76 bits per heavy atom. The first-order valence-corrected chi connectivity index (χ1v) is 9.76. The summed E-state index contributed by atoms with van der Waals surface area (Å²) in [5.41, 5.74) is 6.35. The van der Waals surface area contributed by atoms with Gasteiger partial charge in [0.05, 0.1) is 13.1 Å². The van der Waals surface area contributed by atoms with Gasteiger partial charge in [0.2, 0.25) is 0 Å². The van der Waals surface area contributed by atoms with E-state index in [1.165, 1.54) is 24.2 Å². The maximum absolute atomic E-state index is 12.3. The molecule has 0 unspecified atom stereocenters. The van der Waals surface area contributed by atoms with Crippen molar-refractivity contribution in [2.24, 2.45) is 5.73 Å². The molecule has 1 amide bonds. The molecule has 2 saturated heterocycles. The van der Waals surface area contributed by atoms with Crippen LogP contribution in [0.4, 0.5) is 5.69 Å². The van der Waals surface area contributed by atoms with Crippen LogP contribution in [-0.2, 0) is 4.79 Å². The zero-order chi connectivity index (χ0) is 17.9. The number of likely N-dealkylation sites (tertiary alicyclic amines) is 2. The second-order valence-corrected chi connectivity index (χ2v) is 7.86. The number of nitrogens with two attached hydrogens (primary N) is 1. The highest BCUT2D eigenvalue weighted by Gasteiger charge is 2.49. The fourth-order valence-corrected chi connectivity index (χ4v) is 4.48. The lowest BCUT2D eigenvalue weighted by Gasteiger charge is -2.45. The number of piperidine rings is 2. The lowest BCUT2D eigenvalue weighted by atomic mass is 9.83. The predicted molar refractivity (Wildman–Crippen MR) is 105 cm³/mol. The summed E-state index contributed by atoms with van der Waals surface area (Å²) < 4.78 is 0. The molecule has 0 bridgehead atoms. The maximum Gasteiger partial charge on any atom is 0.278 e. The van der Waals surface area contributed by atoms with E-state index in [0.717, 1.165) is 44.7 Å². The number of nitrogens with one attached hydrogen (secondary N) is 2. The lowest BCUT2D eigenvalue weighted by Crippen LogP contribution is -3.22. The lowest BCUT2D eigenvalue weighted by molar-refractivity contribution is -0.948. The average molecular weight is 382 g/mol. The van der Waals surface area contributed by atoms with E-state index in [1.807, 2.05) is 24.3 Å². The van der Waals surface area contributed by atoms with E-state index in [2.05, 4.69) is 10.2 Å². The van der Waals surface area contributed by atoms with Crippen molar-refractivity contribution in [3.63, 3.8) is 0 Å². The molecule has 2 aliphatic heterocycles. The van der Waals surface area contributed by atoms with Crippen LogP contribution in [0.15, 0.2) is 24.3 Å². The van der Waals surface area contributed by atoms with Gasteiger partial charge in [0, 0.05) is 36.6 Å². The van der Waals surface area contributed by atoms with Crippen LogP contribution in [0.2, 0.25) is 5.02 Å². The third kappa shape index (κ3) is 4.07. The fourth-order valence-electron chi connectivity index (χ4n) is 4.06. The van der Waals surface area contributed by atoms with Crippen LogP contribution in [0.1, 0.15) is 32.1 Å². The number of halogens is 1.